The van der Waals surface area contributed by atoms with Gasteiger partial charge in [-0.2, -0.15) is 5.10 Å². The molecule has 0 amide bonds. The average molecular weight is 281 g/mol. The van der Waals surface area contributed by atoms with Crippen molar-refractivity contribution in [2.45, 2.75) is 13.8 Å². The highest BCUT2D eigenvalue weighted by molar-refractivity contribution is 7.80. The summed E-state index contributed by atoms with van der Waals surface area (Å²) in [5, 5.41) is 8.25. The van der Waals surface area contributed by atoms with Gasteiger partial charge in [0.2, 0.25) is 0 Å². The molecular formula is C12H13ClN4S. The van der Waals surface area contributed by atoms with Gasteiger partial charge in [0, 0.05) is 0 Å². The molecule has 0 saturated heterocycles. The van der Waals surface area contributed by atoms with E-state index in [1.807, 2.05) is 38.1 Å². The molecule has 0 atom stereocenters. The summed E-state index contributed by atoms with van der Waals surface area (Å²) in [4.78, 5) is 0. The van der Waals surface area contributed by atoms with E-state index in [0.717, 1.165) is 22.8 Å². The Kier molecular flexibility index (Phi) is 3.54. The zero-order valence-electron chi connectivity index (χ0n) is 10.1. The van der Waals surface area contributed by atoms with Crippen molar-refractivity contribution in [2.24, 2.45) is 5.73 Å². The summed E-state index contributed by atoms with van der Waals surface area (Å²) in [7, 11) is 0. The van der Waals surface area contributed by atoms with E-state index in [-0.39, 0.29) is 5.11 Å². The zero-order valence-corrected chi connectivity index (χ0v) is 11.6. The van der Waals surface area contributed by atoms with Gasteiger partial charge in [-0.15, -0.1) is 0 Å². The molecule has 6 heteroatoms. The first-order chi connectivity index (χ1) is 8.50. The maximum Gasteiger partial charge on any atom is 0.168 e. The van der Waals surface area contributed by atoms with Gasteiger partial charge in [-0.1, -0.05) is 23.7 Å². The second kappa shape index (κ2) is 4.96. The van der Waals surface area contributed by atoms with Crippen molar-refractivity contribution in [3.63, 3.8) is 0 Å². The van der Waals surface area contributed by atoms with Crippen LogP contribution in [0, 0.1) is 13.8 Å². The molecule has 1 heterocycles. The summed E-state index contributed by atoms with van der Waals surface area (Å²) in [6.45, 7) is 3.82. The van der Waals surface area contributed by atoms with Crippen LogP contribution in [0.1, 0.15) is 11.4 Å². The first-order valence-electron chi connectivity index (χ1n) is 5.38. The van der Waals surface area contributed by atoms with E-state index in [1.54, 1.807) is 4.68 Å². The molecule has 4 nitrogen and oxygen atoms in total. The Balaban J connectivity index is 2.54. The summed E-state index contributed by atoms with van der Waals surface area (Å²) in [6.07, 6.45) is 0. The molecule has 18 heavy (non-hydrogen) atoms. The number of hydrogen-bond donors (Lipinski definition) is 2. The van der Waals surface area contributed by atoms with Crippen molar-refractivity contribution in [2.75, 3.05) is 5.32 Å². The summed E-state index contributed by atoms with van der Waals surface area (Å²) in [5.41, 5.74) is 8.88. The zero-order chi connectivity index (χ0) is 13.3. The SMILES string of the molecule is Cc1nn(-c2ccccc2Cl)c(C)c1NC(N)=S. The van der Waals surface area contributed by atoms with Gasteiger partial charge in [0.1, 0.15) is 0 Å². The smallest absolute Gasteiger partial charge is 0.168 e. The van der Waals surface area contributed by atoms with E-state index in [0.29, 0.717) is 5.02 Å². The fourth-order valence-electron chi connectivity index (χ4n) is 1.80. The standard InChI is InChI=1S/C12H13ClN4S/c1-7-11(15-12(14)18)8(2)17(16-7)10-6-4-3-5-9(10)13/h3-6H,1-2H3,(H3,14,15,18). The molecule has 0 aliphatic carbocycles. The Morgan fingerprint density at radius 3 is 2.67 bits per heavy atom. The van der Waals surface area contributed by atoms with Gasteiger partial charge in [0.05, 0.1) is 27.8 Å². The molecular weight excluding hydrogens is 268 g/mol. The Bertz CT molecular complexity index is 606. The van der Waals surface area contributed by atoms with E-state index in [4.69, 9.17) is 29.6 Å². The molecule has 0 radical (unpaired) electrons. The molecule has 2 rings (SSSR count). The van der Waals surface area contributed by atoms with E-state index in [2.05, 4.69) is 10.4 Å². The third-order valence-corrected chi connectivity index (χ3v) is 3.04. The number of thiocarbonyl (C=S) groups is 1. The fraction of sp³-hybridized carbons (Fsp3) is 0.167. The largest absolute Gasteiger partial charge is 0.376 e. The highest BCUT2D eigenvalue weighted by Crippen LogP contribution is 2.26. The van der Waals surface area contributed by atoms with Gasteiger partial charge < -0.3 is 11.1 Å². The van der Waals surface area contributed by atoms with Crippen LogP contribution in [-0.4, -0.2) is 14.9 Å². The summed E-state index contributed by atoms with van der Waals surface area (Å²) < 4.78 is 1.78. The third kappa shape index (κ3) is 2.32. The minimum absolute atomic E-state index is 0.222. The lowest BCUT2D eigenvalue weighted by atomic mass is 10.3. The lowest BCUT2D eigenvalue weighted by Gasteiger charge is -2.07. The van der Waals surface area contributed by atoms with E-state index in [9.17, 15) is 0 Å². The molecule has 0 saturated carbocycles. The number of aryl methyl sites for hydroxylation is 1. The van der Waals surface area contributed by atoms with Crippen molar-refractivity contribution < 1.29 is 0 Å². The maximum absolute atomic E-state index is 6.17. The number of hydrogen-bond acceptors (Lipinski definition) is 2. The Morgan fingerprint density at radius 1 is 1.39 bits per heavy atom. The van der Waals surface area contributed by atoms with Crippen LogP contribution in [0.5, 0.6) is 0 Å². The minimum Gasteiger partial charge on any atom is -0.376 e. The van der Waals surface area contributed by atoms with Crippen LogP contribution in [-0.2, 0) is 0 Å². The number of aromatic nitrogens is 2. The first-order valence-corrected chi connectivity index (χ1v) is 6.17. The van der Waals surface area contributed by atoms with Gasteiger partial charge in [-0.05, 0) is 38.2 Å². The molecule has 0 fully saturated rings. The molecule has 0 unspecified atom stereocenters. The van der Waals surface area contributed by atoms with Crippen LogP contribution in [0.4, 0.5) is 5.69 Å². The molecule has 0 spiro atoms. The van der Waals surface area contributed by atoms with Gasteiger partial charge in [0.25, 0.3) is 0 Å². The van der Waals surface area contributed by atoms with Crippen LogP contribution in [0.3, 0.4) is 0 Å². The number of nitrogens with zero attached hydrogens (tertiary/aromatic N) is 2. The van der Waals surface area contributed by atoms with Crippen LogP contribution < -0.4 is 11.1 Å². The number of halogens is 1. The fourth-order valence-corrected chi connectivity index (χ4v) is 2.12. The van der Waals surface area contributed by atoms with Crippen LogP contribution in [0.25, 0.3) is 5.69 Å². The summed E-state index contributed by atoms with van der Waals surface area (Å²) in [6, 6.07) is 7.53. The molecule has 1 aromatic carbocycles. The normalized spacial score (nSPS) is 10.4. The summed E-state index contributed by atoms with van der Waals surface area (Å²) >= 11 is 11.0. The van der Waals surface area contributed by atoms with E-state index >= 15 is 0 Å². The van der Waals surface area contributed by atoms with Crippen molar-refractivity contribution in [1.82, 2.24) is 9.78 Å². The number of para-hydroxylation sites is 1. The second-order valence-electron chi connectivity index (χ2n) is 3.90. The van der Waals surface area contributed by atoms with Crippen molar-refractivity contribution in [3.8, 4) is 5.69 Å². The van der Waals surface area contributed by atoms with Gasteiger partial charge in [0.15, 0.2) is 5.11 Å². The van der Waals surface area contributed by atoms with Crippen molar-refractivity contribution in [3.05, 3.63) is 40.7 Å². The van der Waals surface area contributed by atoms with E-state index < -0.39 is 0 Å². The molecule has 0 aliphatic heterocycles. The van der Waals surface area contributed by atoms with Crippen LogP contribution in [0.2, 0.25) is 5.02 Å². The molecule has 0 bridgehead atoms. The Hall–Kier alpha value is -1.59. The van der Waals surface area contributed by atoms with Gasteiger partial charge in [-0.25, -0.2) is 4.68 Å². The quantitative estimate of drug-likeness (QED) is 0.831. The number of nitrogens with two attached hydrogens (primary N) is 1. The predicted octanol–water partition coefficient (Wildman–Crippen LogP) is 2.80. The monoisotopic (exact) mass is 280 g/mol. The minimum atomic E-state index is 0.222. The molecule has 1 aromatic heterocycles. The van der Waals surface area contributed by atoms with Gasteiger partial charge >= 0.3 is 0 Å². The average Bonchev–Trinajstić information content (AvgIpc) is 2.57. The van der Waals surface area contributed by atoms with Crippen LogP contribution in [0.15, 0.2) is 24.3 Å². The number of anilines is 1. The molecule has 0 aliphatic rings. The number of benzene rings is 1. The maximum atomic E-state index is 6.17. The summed E-state index contributed by atoms with van der Waals surface area (Å²) in [5.74, 6) is 0. The van der Waals surface area contributed by atoms with Crippen molar-refractivity contribution >= 4 is 34.6 Å². The lowest BCUT2D eigenvalue weighted by Crippen LogP contribution is -2.19. The topological polar surface area (TPSA) is 55.9 Å². The Morgan fingerprint density at radius 2 is 2.06 bits per heavy atom. The predicted molar refractivity (Wildman–Crippen MR) is 78.5 cm³/mol. The molecule has 3 N–H and O–H groups in total. The highest BCUT2D eigenvalue weighted by atomic mass is 35.5. The first kappa shape index (κ1) is 12.9. The lowest BCUT2D eigenvalue weighted by molar-refractivity contribution is 0.834. The third-order valence-electron chi connectivity index (χ3n) is 2.62. The number of nitrogens with one attached hydrogen (secondary N) is 1. The second-order valence-corrected chi connectivity index (χ2v) is 4.75. The highest BCUT2D eigenvalue weighted by Gasteiger charge is 2.14. The van der Waals surface area contributed by atoms with E-state index in [1.165, 1.54) is 0 Å². The molecule has 2 aromatic rings. The van der Waals surface area contributed by atoms with Crippen molar-refractivity contribution in [1.29, 1.82) is 0 Å². The Labute approximate surface area is 116 Å². The number of rotatable bonds is 2. The molecule has 94 valence electrons. The van der Waals surface area contributed by atoms with Crippen LogP contribution >= 0.6 is 23.8 Å². The van der Waals surface area contributed by atoms with Gasteiger partial charge in [-0.3, -0.25) is 0 Å².